The molecule has 4 heterocycles. The van der Waals surface area contributed by atoms with Crippen LogP contribution >= 0.6 is 12.9 Å². The number of fused-ring (bicyclic) bond motifs is 3. The van der Waals surface area contributed by atoms with Crippen LogP contribution in [0.2, 0.25) is 0 Å². The second-order valence-corrected chi connectivity index (χ2v) is 5.78. The van der Waals surface area contributed by atoms with Crippen molar-refractivity contribution >= 4 is 35.8 Å². The molecule has 2 aliphatic heterocycles. The Balaban J connectivity index is 1.85. The third kappa shape index (κ3) is 1.64. The van der Waals surface area contributed by atoms with Gasteiger partial charge in [-0.1, -0.05) is 0 Å². The number of aromatic nitrogens is 4. The fourth-order valence-electron chi connectivity index (χ4n) is 3.40. The van der Waals surface area contributed by atoms with Crippen molar-refractivity contribution in [3.05, 3.63) is 12.7 Å². The lowest BCUT2D eigenvalue weighted by molar-refractivity contribution is -0.180. The number of morpholine rings is 1. The number of nitrogens with two attached hydrogens (primary N) is 1. The van der Waals surface area contributed by atoms with E-state index in [4.69, 9.17) is 14.7 Å². The molecule has 2 fully saturated rings. The van der Waals surface area contributed by atoms with Crippen LogP contribution < -0.4 is 5.73 Å². The molecule has 0 aliphatic carbocycles. The summed E-state index contributed by atoms with van der Waals surface area (Å²) in [6.07, 6.45) is 1.48. The number of nitrogens with zero attached hydrogens (tertiary/aromatic N) is 5. The van der Waals surface area contributed by atoms with E-state index in [1.807, 2.05) is 0 Å². The van der Waals surface area contributed by atoms with Crippen LogP contribution in [0.4, 0.5) is 5.82 Å². The number of carbonyl (C=O) groups is 1. The first kappa shape index (κ1) is 14.6. The van der Waals surface area contributed by atoms with Crippen molar-refractivity contribution in [2.45, 2.75) is 24.0 Å². The molecule has 23 heavy (non-hydrogen) atoms. The molecule has 0 spiro atoms. The minimum Gasteiger partial charge on any atom is -0.393 e. The van der Waals surface area contributed by atoms with Gasteiger partial charge in [-0.15, -0.1) is 0 Å². The third-order valence-corrected chi connectivity index (χ3v) is 4.76. The lowest BCUT2D eigenvalue weighted by Gasteiger charge is -2.33. The zero-order chi connectivity index (χ0) is 16.4. The summed E-state index contributed by atoms with van der Waals surface area (Å²) in [4.78, 5) is 26.1. The van der Waals surface area contributed by atoms with Crippen LogP contribution in [0.15, 0.2) is 12.7 Å². The summed E-state index contributed by atoms with van der Waals surface area (Å²) in [6, 6.07) is -0.485. The largest absolute Gasteiger partial charge is 0.393 e. The Morgan fingerprint density at radius 1 is 1.52 bits per heavy atom. The van der Waals surface area contributed by atoms with Crippen molar-refractivity contribution in [2.75, 3.05) is 19.4 Å². The Bertz CT molecular complexity index is 799. The molecular formula is C12H14N6O4S. The number of carbonyl (C=O) groups excluding carboxylic acids is 1. The van der Waals surface area contributed by atoms with Gasteiger partial charge in [-0.05, 0) is 12.9 Å². The van der Waals surface area contributed by atoms with Crippen LogP contribution in [-0.2, 0) is 13.7 Å². The summed E-state index contributed by atoms with van der Waals surface area (Å²) in [5, 5.41) is 9.75. The van der Waals surface area contributed by atoms with E-state index in [0.717, 1.165) is 0 Å². The second-order valence-electron chi connectivity index (χ2n) is 5.57. The van der Waals surface area contributed by atoms with Crippen LogP contribution in [0, 0.1) is 0 Å². The highest BCUT2D eigenvalue weighted by Crippen LogP contribution is 2.48. The predicted molar refractivity (Wildman–Crippen MR) is 80.1 cm³/mol. The van der Waals surface area contributed by atoms with Gasteiger partial charge in [0.2, 0.25) is 5.60 Å². The highest BCUT2D eigenvalue weighted by atomic mass is 32.1. The van der Waals surface area contributed by atoms with Crippen LogP contribution in [0.1, 0.15) is 6.23 Å². The molecular weight excluding hydrogens is 324 g/mol. The number of thiol groups is 1. The number of aliphatic hydroxyl groups excluding tert-OH is 1. The number of imidazole rings is 1. The lowest BCUT2D eigenvalue weighted by atomic mass is 10.00. The summed E-state index contributed by atoms with van der Waals surface area (Å²) >= 11 is 3.85. The molecule has 2 aromatic rings. The summed E-state index contributed by atoms with van der Waals surface area (Å²) in [7, 11) is 1.63. The smallest absolute Gasteiger partial charge is 0.260 e. The molecule has 2 aliphatic rings. The Kier molecular flexibility index (Phi) is 3.04. The van der Waals surface area contributed by atoms with Gasteiger partial charge in [-0.2, -0.15) is 0 Å². The number of amides is 1. The van der Waals surface area contributed by atoms with Gasteiger partial charge in [-0.25, -0.2) is 15.0 Å². The van der Waals surface area contributed by atoms with E-state index < -0.39 is 30.6 Å². The van der Waals surface area contributed by atoms with Crippen molar-refractivity contribution in [1.82, 2.24) is 24.4 Å². The first-order valence-corrected chi connectivity index (χ1v) is 7.21. The molecule has 1 amide bonds. The summed E-state index contributed by atoms with van der Waals surface area (Å²) in [5.74, 6) is -0.0981. The maximum Gasteiger partial charge on any atom is 0.260 e. The van der Waals surface area contributed by atoms with Crippen molar-refractivity contribution in [3.8, 4) is 0 Å². The number of likely N-dealkylation sites (tertiary alicyclic amines) is 1. The molecule has 4 atom stereocenters. The Labute approximate surface area is 135 Å². The van der Waals surface area contributed by atoms with E-state index in [-0.39, 0.29) is 11.7 Å². The van der Waals surface area contributed by atoms with Crippen LogP contribution in [0.5, 0.6) is 0 Å². The monoisotopic (exact) mass is 338 g/mol. The van der Waals surface area contributed by atoms with Crippen LogP contribution in [0.25, 0.3) is 11.2 Å². The van der Waals surface area contributed by atoms with E-state index in [0.29, 0.717) is 11.2 Å². The van der Waals surface area contributed by atoms with Gasteiger partial charge in [0.05, 0.1) is 12.9 Å². The summed E-state index contributed by atoms with van der Waals surface area (Å²) < 4.78 is 12.7. The Hall–Kier alpha value is -1.95. The Morgan fingerprint density at radius 3 is 2.96 bits per heavy atom. The van der Waals surface area contributed by atoms with E-state index >= 15 is 0 Å². The SMILES string of the molecule is CN1C(=O)[C@]2(CO)O[C@@H](n3cnc4c(N)ncnc43)C1C2OS. The van der Waals surface area contributed by atoms with E-state index in [1.54, 1.807) is 11.6 Å². The van der Waals surface area contributed by atoms with Gasteiger partial charge in [0.1, 0.15) is 24.0 Å². The zero-order valence-electron chi connectivity index (χ0n) is 12.0. The van der Waals surface area contributed by atoms with Gasteiger partial charge in [0.15, 0.2) is 17.7 Å². The number of rotatable bonds is 3. The van der Waals surface area contributed by atoms with E-state index in [1.165, 1.54) is 17.6 Å². The molecule has 2 bridgehead atoms. The van der Waals surface area contributed by atoms with E-state index in [2.05, 4.69) is 27.9 Å². The topological polar surface area (TPSA) is 129 Å². The molecule has 0 saturated carbocycles. The maximum atomic E-state index is 12.4. The fourth-order valence-corrected chi connectivity index (χ4v) is 3.69. The molecule has 0 radical (unpaired) electrons. The van der Waals surface area contributed by atoms with Gasteiger partial charge >= 0.3 is 0 Å². The number of hydrogen-bond donors (Lipinski definition) is 3. The Morgan fingerprint density at radius 2 is 2.30 bits per heavy atom. The van der Waals surface area contributed by atoms with Crippen LogP contribution in [-0.4, -0.2) is 66.8 Å². The standard InChI is InChI=1S/C12H14N6O4S/c1-17-6-7(22-23)12(2-19,11(17)20)21-10(6)18-4-16-5-8(13)14-3-15-9(5)18/h3-4,6-7,10,19,23H,2H2,1H3,(H2,13,14,15)/t6?,7?,10-,12-/m1/s1. The van der Waals surface area contributed by atoms with Gasteiger partial charge in [0.25, 0.3) is 5.91 Å². The second kappa shape index (κ2) is 4.77. The quantitative estimate of drug-likeness (QED) is 0.467. The first-order chi connectivity index (χ1) is 11.0. The van der Waals surface area contributed by atoms with Crippen molar-refractivity contribution in [2.24, 2.45) is 0 Å². The molecule has 2 aromatic heterocycles. The maximum absolute atomic E-state index is 12.4. The minimum absolute atomic E-state index is 0.250. The number of aliphatic hydroxyl groups is 1. The molecule has 2 saturated heterocycles. The number of ether oxygens (including phenoxy) is 1. The minimum atomic E-state index is -1.49. The van der Waals surface area contributed by atoms with Crippen molar-refractivity contribution < 1.29 is 18.8 Å². The van der Waals surface area contributed by atoms with E-state index in [9.17, 15) is 9.90 Å². The molecule has 2 unspecified atom stereocenters. The summed E-state index contributed by atoms with van der Waals surface area (Å²) in [6.45, 7) is -0.516. The highest BCUT2D eigenvalue weighted by molar-refractivity contribution is 7.75. The lowest BCUT2D eigenvalue weighted by Crippen LogP contribution is -2.51. The van der Waals surface area contributed by atoms with Gasteiger partial charge in [-0.3, -0.25) is 9.36 Å². The molecule has 0 aromatic carbocycles. The van der Waals surface area contributed by atoms with Gasteiger partial charge < -0.3 is 24.7 Å². The predicted octanol–water partition coefficient (Wildman–Crippen LogP) is -1.26. The van der Waals surface area contributed by atoms with Crippen LogP contribution in [0.3, 0.4) is 0 Å². The number of anilines is 1. The number of nitrogen functional groups attached to an aromatic ring is 1. The highest BCUT2D eigenvalue weighted by Gasteiger charge is 2.69. The zero-order valence-corrected chi connectivity index (χ0v) is 12.9. The van der Waals surface area contributed by atoms with Crippen molar-refractivity contribution in [1.29, 1.82) is 0 Å². The fraction of sp³-hybridized carbons (Fsp3) is 0.500. The average Bonchev–Trinajstić information content (AvgIpc) is 3.17. The normalized spacial score (nSPS) is 33.1. The number of hydrogen-bond acceptors (Lipinski definition) is 9. The van der Waals surface area contributed by atoms with Crippen molar-refractivity contribution in [3.63, 3.8) is 0 Å². The molecule has 4 rings (SSSR count). The summed E-state index contributed by atoms with van der Waals surface area (Å²) in [5.41, 5.74) is 5.22. The molecule has 11 heteroatoms. The number of likely N-dealkylation sites (N-methyl/N-ethyl adjacent to an activating group) is 1. The average molecular weight is 338 g/mol. The molecule has 10 nitrogen and oxygen atoms in total. The third-order valence-electron chi connectivity index (χ3n) is 4.53. The first-order valence-electron chi connectivity index (χ1n) is 6.84. The molecule has 3 N–H and O–H groups in total. The van der Waals surface area contributed by atoms with Gasteiger partial charge in [0, 0.05) is 7.05 Å². The molecule has 122 valence electrons.